The maximum absolute atomic E-state index is 3.48. The Morgan fingerprint density at radius 3 is 2.31 bits per heavy atom. The lowest BCUT2D eigenvalue weighted by molar-refractivity contribution is 0.309. The molecule has 1 N–H and O–H groups in total. The van der Waals surface area contributed by atoms with Gasteiger partial charge in [-0.05, 0) is 37.3 Å². The fourth-order valence-corrected chi connectivity index (χ4v) is 1.26. The third-order valence-electron chi connectivity index (χ3n) is 2.72. The summed E-state index contributed by atoms with van der Waals surface area (Å²) < 4.78 is 0. The smallest absolute Gasteiger partial charge is 0.00258 e. The van der Waals surface area contributed by atoms with Gasteiger partial charge in [-0.15, -0.1) is 0 Å². The van der Waals surface area contributed by atoms with E-state index < -0.39 is 0 Å². The topological polar surface area (TPSA) is 12.0 Å². The Kier molecular flexibility index (Phi) is 6.40. The van der Waals surface area contributed by atoms with Gasteiger partial charge < -0.3 is 5.32 Å². The zero-order valence-electron chi connectivity index (χ0n) is 10.1. The second-order valence-corrected chi connectivity index (χ2v) is 5.22. The summed E-state index contributed by atoms with van der Waals surface area (Å²) >= 11 is 0. The van der Waals surface area contributed by atoms with Gasteiger partial charge in [-0.25, -0.2) is 0 Å². The molecule has 1 heteroatoms. The Morgan fingerprint density at radius 2 is 1.85 bits per heavy atom. The summed E-state index contributed by atoms with van der Waals surface area (Å²) in [5.41, 5.74) is 0.541. The molecule has 0 aromatic carbocycles. The van der Waals surface area contributed by atoms with Crippen LogP contribution in [0.4, 0.5) is 0 Å². The fourth-order valence-electron chi connectivity index (χ4n) is 1.26. The molecule has 0 fully saturated rings. The lowest BCUT2D eigenvalue weighted by Gasteiger charge is -2.22. The van der Waals surface area contributed by atoms with Gasteiger partial charge in [-0.2, -0.15) is 0 Å². The van der Waals surface area contributed by atoms with Crippen LogP contribution in [-0.2, 0) is 0 Å². The minimum Gasteiger partial charge on any atom is -0.316 e. The molecule has 0 aliphatic carbocycles. The van der Waals surface area contributed by atoms with Crippen molar-refractivity contribution in [2.24, 2.45) is 11.3 Å². The Hall–Kier alpha value is -0.0400. The summed E-state index contributed by atoms with van der Waals surface area (Å²) in [6, 6.07) is 0. The number of rotatable bonds is 7. The quantitative estimate of drug-likeness (QED) is 0.599. The normalized spacial score (nSPS) is 12.5. The van der Waals surface area contributed by atoms with Crippen molar-refractivity contribution in [3.8, 4) is 0 Å². The van der Waals surface area contributed by atoms with Crippen LogP contribution in [0, 0.1) is 11.3 Å². The van der Waals surface area contributed by atoms with Gasteiger partial charge in [0.05, 0.1) is 0 Å². The van der Waals surface area contributed by atoms with E-state index in [-0.39, 0.29) is 0 Å². The summed E-state index contributed by atoms with van der Waals surface area (Å²) in [4.78, 5) is 0. The second-order valence-electron chi connectivity index (χ2n) is 5.22. The van der Waals surface area contributed by atoms with Crippen LogP contribution in [0.25, 0.3) is 0 Å². The van der Waals surface area contributed by atoms with Crippen LogP contribution in [0.15, 0.2) is 0 Å². The van der Waals surface area contributed by atoms with Crippen molar-refractivity contribution >= 4 is 0 Å². The van der Waals surface area contributed by atoms with Crippen LogP contribution >= 0.6 is 0 Å². The fraction of sp³-hybridized carbons (Fsp3) is 1.00. The van der Waals surface area contributed by atoms with Crippen molar-refractivity contribution in [1.29, 1.82) is 0 Å². The van der Waals surface area contributed by atoms with Gasteiger partial charge in [0.1, 0.15) is 0 Å². The van der Waals surface area contributed by atoms with Gasteiger partial charge >= 0.3 is 0 Å². The first-order valence-corrected chi connectivity index (χ1v) is 5.68. The van der Waals surface area contributed by atoms with Gasteiger partial charge in [-0.1, -0.05) is 41.0 Å². The van der Waals surface area contributed by atoms with Crippen LogP contribution in [0.3, 0.4) is 0 Å². The second kappa shape index (κ2) is 6.42. The first kappa shape index (κ1) is 13.0. The molecule has 0 aromatic heterocycles. The van der Waals surface area contributed by atoms with Crippen LogP contribution in [-0.4, -0.2) is 13.1 Å². The van der Waals surface area contributed by atoms with E-state index in [0.717, 1.165) is 12.5 Å². The van der Waals surface area contributed by atoms with Gasteiger partial charge in [0, 0.05) is 0 Å². The van der Waals surface area contributed by atoms with Crippen molar-refractivity contribution in [3.05, 3.63) is 0 Å². The molecule has 0 aliphatic heterocycles. The predicted molar refractivity (Wildman–Crippen MR) is 61.0 cm³/mol. The summed E-state index contributed by atoms with van der Waals surface area (Å²) in [5.74, 6) is 0.777. The highest BCUT2D eigenvalue weighted by atomic mass is 14.8. The van der Waals surface area contributed by atoms with E-state index in [1.165, 1.54) is 25.8 Å². The van der Waals surface area contributed by atoms with E-state index in [4.69, 9.17) is 0 Å². The third-order valence-corrected chi connectivity index (χ3v) is 2.72. The number of hydrogen-bond donors (Lipinski definition) is 1. The van der Waals surface area contributed by atoms with Crippen LogP contribution < -0.4 is 5.32 Å². The SMILES string of the molecule is CCC(C)(C)CCCNCC(C)C. The van der Waals surface area contributed by atoms with E-state index in [2.05, 4.69) is 39.9 Å². The first-order valence-electron chi connectivity index (χ1n) is 5.68. The zero-order valence-corrected chi connectivity index (χ0v) is 10.1. The Labute approximate surface area is 84.3 Å². The minimum atomic E-state index is 0.541. The number of nitrogens with one attached hydrogen (secondary N) is 1. The maximum Gasteiger partial charge on any atom is -0.00258 e. The molecule has 0 aliphatic rings. The highest BCUT2D eigenvalue weighted by Crippen LogP contribution is 2.25. The molecule has 0 bridgehead atoms. The Morgan fingerprint density at radius 1 is 1.23 bits per heavy atom. The van der Waals surface area contributed by atoms with E-state index in [1.807, 2.05) is 0 Å². The molecule has 0 aromatic rings. The summed E-state index contributed by atoms with van der Waals surface area (Å²) in [6.45, 7) is 13.8. The lowest BCUT2D eigenvalue weighted by atomic mass is 9.85. The zero-order chi connectivity index (χ0) is 10.3. The molecule has 0 unspecified atom stereocenters. The monoisotopic (exact) mass is 185 g/mol. The molecule has 0 heterocycles. The van der Waals surface area contributed by atoms with Crippen LogP contribution in [0.5, 0.6) is 0 Å². The molecule has 0 saturated heterocycles. The maximum atomic E-state index is 3.48. The van der Waals surface area contributed by atoms with E-state index in [1.54, 1.807) is 0 Å². The van der Waals surface area contributed by atoms with Crippen LogP contribution in [0.1, 0.15) is 53.9 Å². The average Bonchev–Trinajstić information content (AvgIpc) is 2.03. The molecule has 0 radical (unpaired) electrons. The van der Waals surface area contributed by atoms with Gasteiger partial charge in [-0.3, -0.25) is 0 Å². The van der Waals surface area contributed by atoms with Crippen molar-refractivity contribution < 1.29 is 0 Å². The van der Waals surface area contributed by atoms with Gasteiger partial charge in [0.2, 0.25) is 0 Å². The molecular weight excluding hydrogens is 158 g/mol. The average molecular weight is 185 g/mol. The summed E-state index contributed by atoms with van der Waals surface area (Å²) in [5, 5.41) is 3.48. The summed E-state index contributed by atoms with van der Waals surface area (Å²) in [7, 11) is 0. The minimum absolute atomic E-state index is 0.541. The van der Waals surface area contributed by atoms with Crippen molar-refractivity contribution in [2.45, 2.75) is 53.9 Å². The number of hydrogen-bond acceptors (Lipinski definition) is 1. The van der Waals surface area contributed by atoms with Crippen molar-refractivity contribution in [3.63, 3.8) is 0 Å². The molecule has 0 saturated carbocycles. The predicted octanol–water partition coefficient (Wildman–Crippen LogP) is 3.45. The molecule has 80 valence electrons. The molecule has 13 heavy (non-hydrogen) atoms. The molecule has 0 spiro atoms. The largest absolute Gasteiger partial charge is 0.316 e. The Bertz CT molecular complexity index is 116. The third kappa shape index (κ3) is 8.29. The summed E-state index contributed by atoms with van der Waals surface area (Å²) in [6.07, 6.45) is 3.94. The van der Waals surface area contributed by atoms with Crippen molar-refractivity contribution in [2.75, 3.05) is 13.1 Å². The molecule has 0 rings (SSSR count). The molecule has 0 amide bonds. The van der Waals surface area contributed by atoms with Gasteiger partial charge in [0.25, 0.3) is 0 Å². The standard InChI is InChI=1S/C12H27N/c1-6-12(4,5)8-7-9-13-10-11(2)3/h11,13H,6-10H2,1-5H3. The van der Waals surface area contributed by atoms with Crippen molar-refractivity contribution in [1.82, 2.24) is 5.32 Å². The van der Waals surface area contributed by atoms with E-state index in [0.29, 0.717) is 5.41 Å². The molecule has 0 atom stereocenters. The van der Waals surface area contributed by atoms with E-state index in [9.17, 15) is 0 Å². The molecule has 1 nitrogen and oxygen atoms in total. The van der Waals surface area contributed by atoms with Gasteiger partial charge in [0.15, 0.2) is 0 Å². The first-order chi connectivity index (χ1) is 5.98. The highest BCUT2D eigenvalue weighted by molar-refractivity contribution is 4.66. The lowest BCUT2D eigenvalue weighted by Crippen LogP contribution is -2.22. The van der Waals surface area contributed by atoms with Crippen LogP contribution in [0.2, 0.25) is 0 Å². The molecular formula is C12H27N. The van der Waals surface area contributed by atoms with E-state index >= 15 is 0 Å². The highest BCUT2D eigenvalue weighted by Gasteiger charge is 2.13. The Balaban J connectivity index is 3.26.